The number of carbonyl (C=O) groups excluding carboxylic acids is 2. The summed E-state index contributed by atoms with van der Waals surface area (Å²) in [5, 5.41) is 10.3. The van der Waals surface area contributed by atoms with Crippen LogP contribution in [0.5, 0.6) is 0 Å². The van der Waals surface area contributed by atoms with Crippen LogP contribution in [0.3, 0.4) is 0 Å². The molecular weight excluding hydrogens is 395 g/mol. The first kappa shape index (κ1) is 20.8. The van der Waals surface area contributed by atoms with E-state index < -0.39 is 0 Å². The molecule has 2 amide bonds. The molecule has 7 heteroatoms. The predicted octanol–water partition coefficient (Wildman–Crippen LogP) is 4.41. The summed E-state index contributed by atoms with van der Waals surface area (Å²) in [5.74, 6) is -0.316. The Morgan fingerprint density at radius 2 is 1.81 bits per heavy atom. The quantitative estimate of drug-likeness (QED) is 0.594. The number of halogens is 1. The van der Waals surface area contributed by atoms with Crippen LogP contribution >= 0.6 is 0 Å². The number of aromatic nitrogens is 2. The summed E-state index contributed by atoms with van der Waals surface area (Å²) in [4.78, 5) is 24.8. The molecule has 0 bridgehead atoms. The minimum absolute atomic E-state index is 0.0689. The molecule has 4 rings (SSSR count). The molecule has 1 saturated carbocycles. The third-order valence-electron chi connectivity index (χ3n) is 5.49. The van der Waals surface area contributed by atoms with Crippen LogP contribution < -0.4 is 10.6 Å². The summed E-state index contributed by atoms with van der Waals surface area (Å²) in [7, 11) is 0. The van der Waals surface area contributed by atoms with Gasteiger partial charge in [-0.1, -0.05) is 19.1 Å². The Balaban J connectivity index is 1.45. The molecule has 0 radical (unpaired) electrons. The molecule has 1 aliphatic carbocycles. The summed E-state index contributed by atoms with van der Waals surface area (Å²) in [5.41, 5.74) is 3.64. The fourth-order valence-corrected chi connectivity index (χ4v) is 3.51. The predicted molar refractivity (Wildman–Crippen MR) is 117 cm³/mol. The molecule has 0 aliphatic heterocycles. The number of rotatable bonds is 7. The second-order valence-corrected chi connectivity index (χ2v) is 7.83. The smallest absolute Gasteiger partial charge is 0.255 e. The number of carbonyl (C=O) groups is 2. The van der Waals surface area contributed by atoms with E-state index in [1.54, 1.807) is 23.0 Å². The third-order valence-corrected chi connectivity index (χ3v) is 5.49. The average molecular weight is 420 g/mol. The van der Waals surface area contributed by atoms with Crippen molar-refractivity contribution in [1.29, 1.82) is 0 Å². The van der Waals surface area contributed by atoms with Crippen LogP contribution in [0, 0.1) is 11.7 Å². The second kappa shape index (κ2) is 8.71. The Labute approximate surface area is 180 Å². The molecule has 6 nitrogen and oxygen atoms in total. The van der Waals surface area contributed by atoms with E-state index >= 15 is 0 Å². The minimum atomic E-state index is -0.320. The zero-order chi connectivity index (χ0) is 22.0. The van der Waals surface area contributed by atoms with E-state index in [1.807, 2.05) is 38.1 Å². The lowest BCUT2D eigenvalue weighted by molar-refractivity contribution is -0.117. The highest BCUT2D eigenvalue weighted by molar-refractivity contribution is 5.95. The van der Waals surface area contributed by atoms with E-state index in [1.165, 1.54) is 12.1 Å². The lowest BCUT2D eigenvalue weighted by Crippen LogP contribution is -2.27. The van der Waals surface area contributed by atoms with Crippen LogP contribution in [0.4, 0.5) is 10.1 Å². The van der Waals surface area contributed by atoms with Crippen molar-refractivity contribution in [2.24, 2.45) is 5.92 Å². The van der Waals surface area contributed by atoms with Crippen LogP contribution in [-0.2, 0) is 11.2 Å². The van der Waals surface area contributed by atoms with E-state index in [2.05, 4.69) is 15.7 Å². The van der Waals surface area contributed by atoms with Crippen LogP contribution in [0.25, 0.3) is 5.69 Å². The van der Waals surface area contributed by atoms with Gasteiger partial charge in [0.1, 0.15) is 5.82 Å². The van der Waals surface area contributed by atoms with Crippen molar-refractivity contribution in [2.75, 3.05) is 5.32 Å². The molecule has 1 fully saturated rings. The standard InChI is InChI=1S/C24H25FN4O2/c1-3-22-21(14-26-29(22)20-12-8-18(25)9-13-20)24(31)27-15(2)16-6-10-19(11-7-16)28-23(30)17-4-5-17/h6-15,17H,3-5H2,1-2H3,(H,27,31)(H,28,30). The fraction of sp³-hybridized carbons (Fsp3) is 0.292. The summed E-state index contributed by atoms with van der Waals surface area (Å²) in [6.07, 6.45) is 4.07. The maximum atomic E-state index is 13.2. The highest BCUT2D eigenvalue weighted by atomic mass is 19.1. The van der Waals surface area contributed by atoms with Crippen molar-refractivity contribution in [2.45, 2.75) is 39.2 Å². The molecule has 1 heterocycles. The van der Waals surface area contributed by atoms with Gasteiger partial charge in [0.05, 0.1) is 29.2 Å². The molecule has 31 heavy (non-hydrogen) atoms. The molecule has 1 unspecified atom stereocenters. The lowest BCUT2D eigenvalue weighted by Gasteiger charge is -2.15. The molecule has 2 aromatic carbocycles. The largest absolute Gasteiger partial charge is 0.345 e. The van der Waals surface area contributed by atoms with Gasteiger partial charge in [-0.3, -0.25) is 9.59 Å². The second-order valence-electron chi connectivity index (χ2n) is 7.83. The Morgan fingerprint density at radius 3 is 2.42 bits per heavy atom. The normalized spacial score (nSPS) is 14.2. The fourth-order valence-electron chi connectivity index (χ4n) is 3.51. The van der Waals surface area contributed by atoms with Gasteiger partial charge in [-0.05, 0) is 68.1 Å². The first-order chi connectivity index (χ1) is 15.0. The topological polar surface area (TPSA) is 76.0 Å². The zero-order valence-electron chi connectivity index (χ0n) is 17.6. The molecule has 0 spiro atoms. The SMILES string of the molecule is CCc1c(C(=O)NC(C)c2ccc(NC(=O)C3CC3)cc2)cnn1-c1ccc(F)cc1. The van der Waals surface area contributed by atoms with Gasteiger partial charge in [0.25, 0.3) is 5.91 Å². The molecule has 1 aliphatic rings. The average Bonchev–Trinajstić information content (AvgIpc) is 3.53. The van der Waals surface area contributed by atoms with Gasteiger partial charge in [0.15, 0.2) is 0 Å². The molecule has 160 valence electrons. The lowest BCUT2D eigenvalue weighted by atomic mass is 10.1. The highest BCUT2D eigenvalue weighted by Crippen LogP contribution is 2.30. The van der Waals surface area contributed by atoms with Gasteiger partial charge < -0.3 is 10.6 Å². The Bertz CT molecular complexity index is 1090. The van der Waals surface area contributed by atoms with Gasteiger partial charge in [-0.2, -0.15) is 5.10 Å². The maximum Gasteiger partial charge on any atom is 0.255 e. The van der Waals surface area contributed by atoms with E-state index in [9.17, 15) is 14.0 Å². The Hall–Kier alpha value is -3.48. The first-order valence-electron chi connectivity index (χ1n) is 10.5. The number of benzene rings is 2. The molecule has 3 aromatic rings. The molecule has 0 saturated heterocycles. The summed E-state index contributed by atoms with van der Waals surface area (Å²) in [6.45, 7) is 3.86. The molecule has 1 aromatic heterocycles. The van der Waals surface area contributed by atoms with Crippen molar-refractivity contribution < 1.29 is 14.0 Å². The zero-order valence-corrected chi connectivity index (χ0v) is 17.6. The number of hydrogen-bond donors (Lipinski definition) is 2. The van der Waals surface area contributed by atoms with Gasteiger partial charge in [-0.25, -0.2) is 9.07 Å². The summed E-state index contributed by atoms with van der Waals surface area (Å²) >= 11 is 0. The number of anilines is 1. The summed E-state index contributed by atoms with van der Waals surface area (Å²) in [6, 6.07) is 13.3. The number of amides is 2. The molecule has 1 atom stereocenters. The van der Waals surface area contributed by atoms with Gasteiger partial charge in [-0.15, -0.1) is 0 Å². The first-order valence-corrected chi connectivity index (χ1v) is 10.5. The molecule has 2 N–H and O–H groups in total. The minimum Gasteiger partial charge on any atom is -0.345 e. The van der Waals surface area contributed by atoms with E-state index in [0.29, 0.717) is 17.7 Å². The van der Waals surface area contributed by atoms with Crippen molar-refractivity contribution in [3.05, 3.63) is 77.4 Å². The van der Waals surface area contributed by atoms with Crippen LogP contribution in [-0.4, -0.2) is 21.6 Å². The van der Waals surface area contributed by atoms with Crippen LogP contribution in [0.2, 0.25) is 0 Å². The summed E-state index contributed by atoms with van der Waals surface area (Å²) < 4.78 is 14.9. The van der Waals surface area contributed by atoms with Crippen LogP contribution in [0.1, 0.15) is 54.3 Å². The monoisotopic (exact) mass is 420 g/mol. The van der Waals surface area contributed by atoms with Crippen LogP contribution in [0.15, 0.2) is 54.7 Å². The number of nitrogens with one attached hydrogen (secondary N) is 2. The van der Waals surface area contributed by atoms with Crippen molar-refractivity contribution in [1.82, 2.24) is 15.1 Å². The third kappa shape index (κ3) is 4.66. The van der Waals surface area contributed by atoms with Crippen molar-refractivity contribution >= 4 is 17.5 Å². The van der Waals surface area contributed by atoms with E-state index in [4.69, 9.17) is 0 Å². The van der Waals surface area contributed by atoms with Gasteiger partial charge in [0.2, 0.25) is 5.91 Å². The Kier molecular flexibility index (Phi) is 5.84. The van der Waals surface area contributed by atoms with Crippen molar-refractivity contribution in [3.8, 4) is 5.69 Å². The highest BCUT2D eigenvalue weighted by Gasteiger charge is 2.29. The van der Waals surface area contributed by atoms with E-state index in [-0.39, 0.29) is 29.6 Å². The maximum absolute atomic E-state index is 13.2. The Morgan fingerprint density at radius 1 is 1.13 bits per heavy atom. The molecular formula is C24H25FN4O2. The number of hydrogen-bond acceptors (Lipinski definition) is 3. The van der Waals surface area contributed by atoms with E-state index in [0.717, 1.165) is 29.8 Å². The van der Waals surface area contributed by atoms with Crippen molar-refractivity contribution in [3.63, 3.8) is 0 Å². The van der Waals surface area contributed by atoms with Gasteiger partial charge >= 0.3 is 0 Å². The number of nitrogens with zero attached hydrogens (tertiary/aromatic N) is 2. The van der Waals surface area contributed by atoms with Gasteiger partial charge in [0, 0.05) is 11.6 Å².